The van der Waals surface area contributed by atoms with Crippen LogP contribution in [0.5, 0.6) is 0 Å². The molecule has 0 saturated carbocycles. The molecule has 0 aliphatic carbocycles. The SMILES string of the molecule is Cc1ccc2[nH]c3c(=O)n(CCC(=O)NCc4ccc(F)c(Cl)c4)cnc3c2c1. The van der Waals surface area contributed by atoms with E-state index in [9.17, 15) is 14.0 Å². The van der Waals surface area contributed by atoms with E-state index < -0.39 is 5.82 Å². The Labute approximate surface area is 170 Å². The van der Waals surface area contributed by atoms with Crippen molar-refractivity contribution >= 4 is 39.4 Å². The Morgan fingerprint density at radius 1 is 1.28 bits per heavy atom. The van der Waals surface area contributed by atoms with Gasteiger partial charge in [-0.2, -0.15) is 0 Å². The molecule has 2 N–H and O–H groups in total. The predicted octanol–water partition coefficient (Wildman–Crippen LogP) is 3.69. The highest BCUT2D eigenvalue weighted by atomic mass is 35.5. The van der Waals surface area contributed by atoms with Crippen LogP contribution in [-0.2, 0) is 17.9 Å². The maximum absolute atomic E-state index is 13.2. The van der Waals surface area contributed by atoms with Crippen molar-refractivity contribution in [3.05, 3.63) is 75.0 Å². The van der Waals surface area contributed by atoms with E-state index in [4.69, 9.17) is 11.6 Å². The maximum atomic E-state index is 13.2. The number of hydrogen-bond donors (Lipinski definition) is 2. The molecule has 0 radical (unpaired) electrons. The number of hydrogen-bond acceptors (Lipinski definition) is 3. The highest BCUT2D eigenvalue weighted by Crippen LogP contribution is 2.22. The van der Waals surface area contributed by atoms with Crippen molar-refractivity contribution in [1.82, 2.24) is 19.9 Å². The molecule has 0 atom stereocenters. The van der Waals surface area contributed by atoms with Gasteiger partial charge in [0.2, 0.25) is 5.91 Å². The molecule has 0 aliphatic heterocycles. The number of rotatable bonds is 5. The molecule has 0 unspecified atom stereocenters. The van der Waals surface area contributed by atoms with Crippen molar-refractivity contribution in [3.8, 4) is 0 Å². The molecule has 8 heteroatoms. The Morgan fingerprint density at radius 3 is 2.90 bits per heavy atom. The smallest absolute Gasteiger partial charge is 0.277 e. The number of carbonyl (C=O) groups is 1. The summed E-state index contributed by atoms with van der Waals surface area (Å²) in [6.07, 6.45) is 1.58. The topological polar surface area (TPSA) is 79.8 Å². The summed E-state index contributed by atoms with van der Waals surface area (Å²) < 4.78 is 14.6. The van der Waals surface area contributed by atoms with Gasteiger partial charge in [0.05, 0.1) is 11.3 Å². The summed E-state index contributed by atoms with van der Waals surface area (Å²) in [5.74, 6) is -0.735. The summed E-state index contributed by atoms with van der Waals surface area (Å²) in [5, 5.41) is 3.65. The zero-order chi connectivity index (χ0) is 20.5. The average Bonchev–Trinajstić information content (AvgIpc) is 3.07. The Morgan fingerprint density at radius 2 is 2.10 bits per heavy atom. The van der Waals surface area contributed by atoms with E-state index >= 15 is 0 Å². The Bertz CT molecular complexity index is 1300. The van der Waals surface area contributed by atoms with Crippen molar-refractivity contribution in [3.63, 3.8) is 0 Å². The Balaban J connectivity index is 1.45. The molecular weight excluding hydrogens is 395 g/mol. The molecule has 0 bridgehead atoms. The first-order valence-electron chi connectivity index (χ1n) is 9.10. The zero-order valence-electron chi connectivity index (χ0n) is 15.6. The van der Waals surface area contributed by atoms with Crippen LogP contribution in [-0.4, -0.2) is 20.4 Å². The highest BCUT2D eigenvalue weighted by molar-refractivity contribution is 6.30. The summed E-state index contributed by atoms with van der Waals surface area (Å²) in [5.41, 5.74) is 3.46. The molecule has 2 aromatic carbocycles. The van der Waals surface area contributed by atoms with Crippen LogP contribution in [0.2, 0.25) is 5.02 Å². The molecule has 0 spiro atoms. The minimum Gasteiger partial charge on any atom is -0.352 e. The summed E-state index contributed by atoms with van der Waals surface area (Å²) >= 11 is 5.74. The maximum Gasteiger partial charge on any atom is 0.277 e. The lowest BCUT2D eigenvalue weighted by Crippen LogP contribution is -2.27. The molecule has 6 nitrogen and oxygen atoms in total. The molecule has 0 saturated heterocycles. The number of benzene rings is 2. The first-order chi connectivity index (χ1) is 13.9. The van der Waals surface area contributed by atoms with E-state index in [0.717, 1.165) is 16.5 Å². The van der Waals surface area contributed by atoms with E-state index in [2.05, 4.69) is 15.3 Å². The summed E-state index contributed by atoms with van der Waals surface area (Å²) in [4.78, 5) is 32.4. The van der Waals surface area contributed by atoms with Crippen molar-refractivity contribution in [2.75, 3.05) is 0 Å². The molecule has 29 heavy (non-hydrogen) atoms. The van der Waals surface area contributed by atoms with E-state index in [1.165, 1.54) is 23.0 Å². The monoisotopic (exact) mass is 412 g/mol. The Kier molecular flexibility index (Phi) is 5.07. The van der Waals surface area contributed by atoms with Crippen LogP contribution in [0.25, 0.3) is 21.9 Å². The number of halogens is 2. The fourth-order valence-electron chi connectivity index (χ4n) is 3.22. The third kappa shape index (κ3) is 3.86. The minimum absolute atomic E-state index is 0.0104. The molecular formula is C21H18ClFN4O2. The second kappa shape index (κ2) is 7.67. The van der Waals surface area contributed by atoms with Gasteiger partial charge in [-0.05, 0) is 36.8 Å². The first-order valence-corrected chi connectivity index (χ1v) is 9.48. The van der Waals surface area contributed by atoms with Crippen molar-refractivity contribution in [1.29, 1.82) is 0 Å². The van der Waals surface area contributed by atoms with Gasteiger partial charge in [-0.1, -0.05) is 29.3 Å². The van der Waals surface area contributed by atoms with Gasteiger partial charge >= 0.3 is 0 Å². The third-order valence-corrected chi connectivity index (χ3v) is 5.07. The number of amides is 1. The van der Waals surface area contributed by atoms with E-state index in [-0.39, 0.29) is 36.0 Å². The fourth-order valence-corrected chi connectivity index (χ4v) is 3.43. The average molecular weight is 413 g/mol. The number of nitrogens with one attached hydrogen (secondary N) is 2. The summed E-state index contributed by atoms with van der Waals surface area (Å²) in [6.45, 7) is 2.41. The normalized spacial score (nSPS) is 11.3. The fraction of sp³-hybridized carbons (Fsp3) is 0.190. The van der Waals surface area contributed by atoms with Crippen molar-refractivity contribution in [2.24, 2.45) is 0 Å². The molecule has 148 valence electrons. The number of fused-ring (bicyclic) bond motifs is 3. The van der Waals surface area contributed by atoms with Gasteiger partial charge in [-0.15, -0.1) is 0 Å². The standard InChI is InChI=1S/C21H18ClFN4O2/c1-12-2-5-17-14(8-12)19-20(26-17)21(29)27(11-25-19)7-6-18(28)24-10-13-3-4-16(23)15(22)9-13/h2-5,8-9,11,26H,6-7,10H2,1H3,(H,24,28). The lowest BCUT2D eigenvalue weighted by molar-refractivity contribution is -0.121. The van der Waals surface area contributed by atoms with Crippen LogP contribution in [0.15, 0.2) is 47.5 Å². The summed E-state index contributed by atoms with van der Waals surface area (Å²) in [6, 6.07) is 10.2. The number of nitrogens with zero attached hydrogens (tertiary/aromatic N) is 2. The van der Waals surface area contributed by atoms with Crippen LogP contribution in [0.4, 0.5) is 4.39 Å². The summed E-state index contributed by atoms with van der Waals surface area (Å²) in [7, 11) is 0. The molecule has 2 aromatic heterocycles. The van der Waals surface area contributed by atoms with Gasteiger partial charge in [-0.25, -0.2) is 9.37 Å². The second-order valence-electron chi connectivity index (χ2n) is 6.92. The van der Waals surface area contributed by atoms with Gasteiger partial charge in [0.25, 0.3) is 5.56 Å². The van der Waals surface area contributed by atoms with Gasteiger partial charge in [0.15, 0.2) is 0 Å². The quantitative estimate of drug-likeness (QED) is 0.524. The molecule has 2 heterocycles. The second-order valence-corrected chi connectivity index (χ2v) is 7.32. The largest absolute Gasteiger partial charge is 0.352 e. The van der Waals surface area contributed by atoms with Crippen molar-refractivity contribution < 1.29 is 9.18 Å². The number of aromatic amines is 1. The highest BCUT2D eigenvalue weighted by Gasteiger charge is 2.12. The Hall–Kier alpha value is -3.19. The van der Waals surface area contributed by atoms with Gasteiger partial charge < -0.3 is 10.3 Å². The van der Waals surface area contributed by atoms with Crippen LogP contribution in [0.3, 0.4) is 0 Å². The predicted molar refractivity (Wildman–Crippen MR) is 110 cm³/mol. The van der Waals surface area contributed by atoms with Crippen molar-refractivity contribution in [2.45, 2.75) is 26.4 Å². The van der Waals surface area contributed by atoms with Crippen LogP contribution >= 0.6 is 11.6 Å². The minimum atomic E-state index is -0.504. The van der Waals surface area contributed by atoms with E-state index in [1.807, 2.05) is 25.1 Å². The molecule has 4 aromatic rings. The van der Waals surface area contributed by atoms with Gasteiger partial charge in [0.1, 0.15) is 16.9 Å². The molecule has 1 amide bonds. The first kappa shape index (κ1) is 19.1. The zero-order valence-corrected chi connectivity index (χ0v) is 16.4. The van der Waals surface area contributed by atoms with Crippen LogP contribution in [0.1, 0.15) is 17.5 Å². The molecule has 4 rings (SSSR count). The third-order valence-electron chi connectivity index (χ3n) is 4.78. The van der Waals surface area contributed by atoms with Crippen LogP contribution in [0, 0.1) is 12.7 Å². The van der Waals surface area contributed by atoms with Gasteiger partial charge in [-0.3, -0.25) is 14.2 Å². The lowest BCUT2D eigenvalue weighted by atomic mass is 10.2. The number of H-pyrrole nitrogens is 1. The molecule has 0 fully saturated rings. The van der Waals surface area contributed by atoms with Gasteiger partial charge in [0, 0.05) is 30.4 Å². The van der Waals surface area contributed by atoms with E-state index in [1.54, 1.807) is 6.07 Å². The lowest BCUT2D eigenvalue weighted by Gasteiger charge is -2.07. The van der Waals surface area contributed by atoms with Crippen LogP contribution < -0.4 is 10.9 Å². The number of aromatic nitrogens is 3. The molecule has 0 aliphatic rings. The number of carbonyl (C=O) groups excluding carboxylic acids is 1. The van der Waals surface area contributed by atoms with E-state index in [0.29, 0.717) is 16.6 Å². The number of aryl methyl sites for hydroxylation is 2.